The lowest BCUT2D eigenvalue weighted by atomic mass is 10.0. The van der Waals surface area contributed by atoms with Gasteiger partial charge in [0.15, 0.2) is 0 Å². The molecule has 0 spiro atoms. The van der Waals surface area contributed by atoms with Crippen molar-refractivity contribution in [1.82, 2.24) is 20.4 Å². The molecule has 2 atom stereocenters. The fourth-order valence-corrected chi connectivity index (χ4v) is 3.00. The molecule has 2 N–H and O–H groups in total. The smallest absolute Gasteiger partial charge is 0.239 e. The second-order valence-corrected chi connectivity index (χ2v) is 6.48. The summed E-state index contributed by atoms with van der Waals surface area (Å²) in [6.07, 6.45) is 0. The fraction of sp³-hybridized carbons (Fsp3) is 0.933. The van der Waals surface area contributed by atoms with Crippen LogP contribution in [0.5, 0.6) is 0 Å². The molecule has 2 saturated heterocycles. The molecule has 0 aliphatic carbocycles. The van der Waals surface area contributed by atoms with Crippen molar-refractivity contribution in [3.8, 4) is 0 Å². The molecule has 2 heterocycles. The highest BCUT2D eigenvalue weighted by Crippen LogP contribution is 2.13. The van der Waals surface area contributed by atoms with Gasteiger partial charge in [0.1, 0.15) is 6.04 Å². The number of nitrogens with one attached hydrogen (secondary N) is 2. The molecule has 1 amide bonds. The lowest BCUT2D eigenvalue weighted by Gasteiger charge is -2.40. The van der Waals surface area contributed by atoms with Crippen LogP contribution in [0.2, 0.25) is 0 Å². The first kappa shape index (κ1) is 16.7. The third-order valence-electron chi connectivity index (χ3n) is 4.50. The molecule has 2 aliphatic rings. The summed E-state index contributed by atoms with van der Waals surface area (Å²) >= 11 is 0. The van der Waals surface area contributed by atoms with Crippen LogP contribution in [0.1, 0.15) is 13.8 Å². The molecule has 2 unspecified atom stereocenters. The zero-order valence-corrected chi connectivity index (χ0v) is 13.6. The molecular weight excluding hydrogens is 268 g/mol. The summed E-state index contributed by atoms with van der Waals surface area (Å²) in [4.78, 5) is 17.0. The third kappa shape index (κ3) is 4.92. The Balaban J connectivity index is 1.80. The minimum atomic E-state index is -0.195. The number of nitrogens with zero attached hydrogens (tertiary/aromatic N) is 2. The molecule has 2 fully saturated rings. The van der Waals surface area contributed by atoms with Crippen LogP contribution in [0.25, 0.3) is 0 Å². The van der Waals surface area contributed by atoms with E-state index in [1.165, 1.54) is 0 Å². The van der Waals surface area contributed by atoms with Crippen molar-refractivity contribution in [1.29, 1.82) is 0 Å². The highest BCUT2D eigenvalue weighted by molar-refractivity contribution is 5.82. The summed E-state index contributed by atoms with van der Waals surface area (Å²) < 4.78 is 5.35. The van der Waals surface area contributed by atoms with Gasteiger partial charge in [-0.25, -0.2) is 0 Å². The molecule has 0 aromatic rings. The molecule has 21 heavy (non-hydrogen) atoms. The molecule has 2 aliphatic heterocycles. The summed E-state index contributed by atoms with van der Waals surface area (Å²) in [6.45, 7) is 11.5. The largest absolute Gasteiger partial charge is 0.378 e. The molecule has 6 nitrogen and oxygen atoms in total. The quantitative estimate of drug-likeness (QED) is 0.707. The zero-order chi connectivity index (χ0) is 15.2. The minimum absolute atomic E-state index is 0.0643. The maximum Gasteiger partial charge on any atom is 0.239 e. The van der Waals surface area contributed by atoms with Gasteiger partial charge in [0.2, 0.25) is 5.91 Å². The first-order valence-corrected chi connectivity index (χ1v) is 8.09. The van der Waals surface area contributed by atoms with E-state index in [9.17, 15) is 4.79 Å². The minimum Gasteiger partial charge on any atom is -0.378 e. The number of carbonyl (C=O) groups excluding carboxylic acids is 1. The Hall–Kier alpha value is -0.690. The van der Waals surface area contributed by atoms with Gasteiger partial charge in [-0.2, -0.15) is 0 Å². The van der Waals surface area contributed by atoms with E-state index in [4.69, 9.17) is 4.74 Å². The topological polar surface area (TPSA) is 56.8 Å². The summed E-state index contributed by atoms with van der Waals surface area (Å²) in [6, 6.07) is 0.214. The number of ether oxygens (including phenoxy) is 1. The predicted molar refractivity (Wildman–Crippen MR) is 83.3 cm³/mol. The average molecular weight is 298 g/mol. The van der Waals surface area contributed by atoms with Crippen molar-refractivity contribution >= 4 is 5.91 Å². The number of likely N-dealkylation sites (N-methyl/N-ethyl adjacent to an activating group) is 1. The number of carbonyl (C=O) groups is 1. The summed E-state index contributed by atoms with van der Waals surface area (Å²) in [7, 11) is 2.16. The molecular formula is C15H30N4O2. The Morgan fingerprint density at radius 2 is 2.05 bits per heavy atom. The number of rotatable bonds is 5. The Labute approximate surface area is 128 Å². The number of amides is 1. The van der Waals surface area contributed by atoms with Crippen LogP contribution >= 0.6 is 0 Å². The first-order chi connectivity index (χ1) is 10.1. The van der Waals surface area contributed by atoms with Crippen LogP contribution in [-0.2, 0) is 9.53 Å². The van der Waals surface area contributed by atoms with Crippen molar-refractivity contribution in [2.45, 2.75) is 25.9 Å². The van der Waals surface area contributed by atoms with Gasteiger partial charge >= 0.3 is 0 Å². The van der Waals surface area contributed by atoms with Gasteiger partial charge in [-0.05, 0) is 13.0 Å². The van der Waals surface area contributed by atoms with Crippen LogP contribution in [0.15, 0.2) is 0 Å². The van der Waals surface area contributed by atoms with Crippen molar-refractivity contribution in [2.75, 3.05) is 59.5 Å². The Morgan fingerprint density at radius 1 is 1.33 bits per heavy atom. The SMILES string of the molecule is CC(C)C(CNC(=O)C1COCCN1)N1CCN(C)CC1. The van der Waals surface area contributed by atoms with Gasteiger partial charge in [0.25, 0.3) is 0 Å². The number of morpholine rings is 1. The van der Waals surface area contributed by atoms with E-state index in [1.54, 1.807) is 0 Å². The molecule has 0 aromatic carbocycles. The van der Waals surface area contributed by atoms with E-state index in [0.717, 1.165) is 39.3 Å². The predicted octanol–water partition coefficient (Wildman–Crippen LogP) is -0.637. The number of hydrogen-bond donors (Lipinski definition) is 2. The van der Waals surface area contributed by atoms with E-state index in [2.05, 4.69) is 41.3 Å². The van der Waals surface area contributed by atoms with Gasteiger partial charge in [-0.1, -0.05) is 13.8 Å². The standard InChI is InChI=1S/C15H30N4O2/c1-12(2)14(19-7-5-18(3)6-8-19)10-17-15(20)13-11-21-9-4-16-13/h12-14,16H,4-11H2,1-3H3,(H,17,20). The van der Waals surface area contributed by atoms with Crippen LogP contribution in [0, 0.1) is 5.92 Å². The average Bonchev–Trinajstić information content (AvgIpc) is 2.49. The van der Waals surface area contributed by atoms with E-state index in [0.29, 0.717) is 25.2 Å². The maximum atomic E-state index is 12.2. The van der Waals surface area contributed by atoms with Crippen LogP contribution < -0.4 is 10.6 Å². The van der Waals surface area contributed by atoms with E-state index in [-0.39, 0.29) is 11.9 Å². The van der Waals surface area contributed by atoms with Crippen molar-refractivity contribution in [3.05, 3.63) is 0 Å². The Kier molecular flexibility index (Phi) is 6.41. The molecule has 0 radical (unpaired) electrons. The summed E-state index contributed by atoms with van der Waals surface area (Å²) in [5, 5.41) is 6.31. The molecule has 0 saturated carbocycles. The van der Waals surface area contributed by atoms with Crippen molar-refractivity contribution in [2.24, 2.45) is 5.92 Å². The fourth-order valence-electron chi connectivity index (χ4n) is 3.00. The molecule has 0 bridgehead atoms. The van der Waals surface area contributed by atoms with Crippen LogP contribution in [-0.4, -0.2) is 87.3 Å². The zero-order valence-electron chi connectivity index (χ0n) is 13.6. The second-order valence-electron chi connectivity index (χ2n) is 6.48. The summed E-state index contributed by atoms with van der Waals surface area (Å²) in [5.41, 5.74) is 0. The van der Waals surface area contributed by atoms with E-state index in [1.807, 2.05) is 0 Å². The van der Waals surface area contributed by atoms with Crippen LogP contribution in [0.3, 0.4) is 0 Å². The lowest BCUT2D eigenvalue weighted by molar-refractivity contribution is -0.126. The molecule has 122 valence electrons. The van der Waals surface area contributed by atoms with Crippen LogP contribution in [0.4, 0.5) is 0 Å². The highest BCUT2D eigenvalue weighted by atomic mass is 16.5. The first-order valence-electron chi connectivity index (χ1n) is 8.09. The molecule has 6 heteroatoms. The maximum absolute atomic E-state index is 12.2. The van der Waals surface area contributed by atoms with Gasteiger partial charge in [0.05, 0.1) is 13.2 Å². The molecule has 0 aromatic heterocycles. The van der Waals surface area contributed by atoms with Crippen molar-refractivity contribution < 1.29 is 9.53 Å². The number of hydrogen-bond acceptors (Lipinski definition) is 5. The lowest BCUT2D eigenvalue weighted by Crippen LogP contribution is -2.57. The molecule has 2 rings (SSSR count). The summed E-state index contributed by atoms with van der Waals surface area (Å²) in [5.74, 6) is 0.596. The third-order valence-corrected chi connectivity index (χ3v) is 4.50. The number of piperazine rings is 1. The Morgan fingerprint density at radius 3 is 2.62 bits per heavy atom. The monoisotopic (exact) mass is 298 g/mol. The highest BCUT2D eigenvalue weighted by Gasteiger charge is 2.27. The normalized spacial score (nSPS) is 26.8. The van der Waals surface area contributed by atoms with E-state index < -0.39 is 0 Å². The van der Waals surface area contributed by atoms with Crippen molar-refractivity contribution in [3.63, 3.8) is 0 Å². The van der Waals surface area contributed by atoms with Gasteiger partial charge < -0.3 is 20.3 Å². The van der Waals surface area contributed by atoms with E-state index >= 15 is 0 Å². The Bertz CT molecular complexity index is 324. The second kappa shape index (κ2) is 8.08. The van der Waals surface area contributed by atoms with Gasteiger partial charge in [0, 0.05) is 45.3 Å². The van der Waals surface area contributed by atoms with Gasteiger partial charge in [-0.15, -0.1) is 0 Å². The van der Waals surface area contributed by atoms with Gasteiger partial charge in [-0.3, -0.25) is 9.69 Å².